The fourth-order valence-electron chi connectivity index (χ4n) is 6.18. The summed E-state index contributed by atoms with van der Waals surface area (Å²) in [6, 6.07) is 39.1. The summed E-state index contributed by atoms with van der Waals surface area (Å²) in [6.07, 6.45) is -0.548. The van der Waals surface area contributed by atoms with E-state index < -0.39 is 29.5 Å². The molecule has 0 saturated heterocycles. The molecule has 1 aliphatic rings. The molecule has 1 amide bonds. The van der Waals surface area contributed by atoms with Gasteiger partial charge < -0.3 is 24.3 Å². The Labute approximate surface area is 298 Å². The maximum Gasteiger partial charge on any atom is 0.407 e. The van der Waals surface area contributed by atoms with Gasteiger partial charge in [-0.25, -0.2) is 9.59 Å². The minimum absolute atomic E-state index is 0.101. The number of alkyl carbamates (subject to hydrolysis) is 1. The summed E-state index contributed by atoms with van der Waals surface area (Å²) < 4.78 is 22.9. The van der Waals surface area contributed by atoms with Gasteiger partial charge in [-0.15, -0.1) is 0 Å². The van der Waals surface area contributed by atoms with Gasteiger partial charge in [-0.05, 0) is 78.4 Å². The van der Waals surface area contributed by atoms with E-state index in [1.807, 2.05) is 78.9 Å². The molecule has 8 heteroatoms. The highest BCUT2D eigenvalue weighted by Gasteiger charge is 2.31. The first kappa shape index (κ1) is 35.0. The van der Waals surface area contributed by atoms with Crippen molar-refractivity contribution in [1.82, 2.24) is 5.32 Å². The fourth-order valence-corrected chi connectivity index (χ4v) is 6.18. The number of fused-ring (bicyclic) bond motifs is 3. The SMILES string of the molecule is CC(C)(C)OC(=O)COc1ccccc1C(=O)[C@H](Cc1ccc(OCc2ccccc2)cc1)NC(=O)OCC1c2ccccc2-c2ccccc21. The molecule has 260 valence electrons. The van der Waals surface area contributed by atoms with Gasteiger partial charge in [0.15, 0.2) is 12.4 Å². The van der Waals surface area contributed by atoms with Gasteiger partial charge in [0.05, 0.1) is 11.6 Å². The molecule has 5 aromatic rings. The van der Waals surface area contributed by atoms with Crippen molar-refractivity contribution in [3.63, 3.8) is 0 Å². The van der Waals surface area contributed by atoms with Crippen LogP contribution in [0.4, 0.5) is 4.79 Å². The van der Waals surface area contributed by atoms with Crippen molar-refractivity contribution in [2.75, 3.05) is 13.2 Å². The molecule has 1 N–H and O–H groups in total. The normalized spacial score (nSPS) is 12.6. The van der Waals surface area contributed by atoms with E-state index in [4.69, 9.17) is 18.9 Å². The van der Waals surface area contributed by atoms with Gasteiger partial charge in [0.2, 0.25) is 0 Å². The third-order valence-corrected chi connectivity index (χ3v) is 8.48. The van der Waals surface area contributed by atoms with Crippen LogP contribution in [0.15, 0.2) is 127 Å². The minimum atomic E-state index is -1.01. The summed E-state index contributed by atoms with van der Waals surface area (Å²) >= 11 is 0. The zero-order valence-corrected chi connectivity index (χ0v) is 29.0. The van der Waals surface area contributed by atoms with Gasteiger partial charge in [-0.1, -0.05) is 103 Å². The van der Waals surface area contributed by atoms with Crippen molar-refractivity contribution in [2.45, 2.75) is 51.4 Å². The number of ketones is 1. The monoisotopic (exact) mass is 683 g/mol. The number of rotatable bonds is 13. The number of ether oxygens (including phenoxy) is 4. The number of Topliss-reactive ketones (excluding diaryl/α,β-unsaturated/α-hetero) is 1. The van der Waals surface area contributed by atoms with Crippen LogP contribution in [0.25, 0.3) is 11.1 Å². The predicted octanol–water partition coefficient (Wildman–Crippen LogP) is 8.32. The molecule has 0 radical (unpaired) electrons. The Balaban J connectivity index is 1.18. The summed E-state index contributed by atoms with van der Waals surface area (Å²) in [6.45, 7) is 5.45. The van der Waals surface area contributed by atoms with E-state index in [0.29, 0.717) is 12.4 Å². The van der Waals surface area contributed by atoms with Crippen LogP contribution in [0.2, 0.25) is 0 Å². The largest absolute Gasteiger partial charge is 0.489 e. The predicted molar refractivity (Wildman–Crippen MR) is 195 cm³/mol. The molecule has 51 heavy (non-hydrogen) atoms. The van der Waals surface area contributed by atoms with E-state index >= 15 is 0 Å². The zero-order valence-electron chi connectivity index (χ0n) is 29.0. The third-order valence-electron chi connectivity index (χ3n) is 8.48. The number of nitrogens with one attached hydrogen (secondary N) is 1. The molecule has 0 fully saturated rings. The lowest BCUT2D eigenvalue weighted by molar-refractivity contribution is -0.157. The number of esters is 1. The molecule has 0 heterocycles. The van der Waals surface area contributed by atoms with Crippen molar-refractivity contribution in [3.8, 4) is 22.6 Å². The number of hydrogen-bond donors (Lipinski definition) is 1. The molecule has 0 aromatic heterocycles. The standard InChI is InChI=1S/C43H41NO7/c1-43(2,3)51-40(45)28-49-39-20-12-11-19-36(39)41(46)38(25-29-21-23-31(24-22-29)48-26-30-13-5-4-6-14-30)44-42(47)50-27-37-34-17-9-7-15-32(34)33-16-8-10-18-35(33)37/h4-24,37-38H,25-28H2,1-3H3,(H,44,47)/t38-/m0/s1. The first-order valence-corrected chi connectivity index (χ1v) is 17.0. The first-order chi connectivity index (χ1) is 24.6. The Morgan fingerprint density at radius 3 is 1.96 bits per heavy atom. The highest BCUT2D eigenvalue weighted by Crippen LogP contribution is 2.44. The molecule has 1 aliphatic carbocycles. The lowest BCUT2D eigenvalue weighted by Gasteiger charge is -2.21. The van der Waals surface area contributed by atoms with E-state index in [9.17, 15) is 14.4 Å². The fraction of sp³-hybridized carbons (Fsp3) is 0.233. The molecule has 0 aliphatic heterocycles. The summed E-state index contributed by atoms with van der Waals surface area (Å²) in [4.78, 5) is 40.1. The van der Waals surface area contributed by atoms with Crippen LogP contribution in [0, 0.1) is 0 Å². The molecule has 0 unspecified atom stereocenters. The molecule has 8 nitrogen and oxygen atoms in total. The summed E-state index contributed by atoms with van der Waals surface area (Å²) in [5.74, 6) is -0.212. The highest BCUT2D eigenvalue weighted by atomic mass is 16.6. The Hall–Kier alpha value is -5.89. The average Bonchev–Trinajstić information content (AvgIpc) is 3.45. The van der Waals surface area contributed by atoms with Gasteiger partial charge in [0, 0.05) is 12.3 Å². The van der Waals surface area contributed by atoms with E-state index in [2.05, 4.69) is 29.6 Å². The topological polar surface area (TPSA) is 100 Å². The second-order valence-electron chi connectivity index (χ2n) is 13.4. The molecule has 6 rings (SSSR count). The molecular formula is C43H41NO7. The quantitative estimate of drug-likeness (QED) is 0.0984. The van der Waals surface area contributed by atoms with Crippen LogP contribution in [-0.2, 0) is 27.3 Å². The Kier molecular flexibility index (Phi) is 10.8. The van der Waals surface area contributed by atoms with E-state index in [-0.39, 0.29) is 36.9 Å². The van der Waals surface area contributed by atoms with Crippen LogP contribution in [0.5, 0.6) is 11.5 Å². The molecule has 1 atom stereocenters. The number of hydrogen-bond acceptors (Lipinski definition) is 7. The van der Waals surface area contributed by atoms with Crippen molar-refractivity contribution in [3.05, 3.63) is 155 Å². The van der Waals surface area contributed by atoms with E-state index in [1.54, 1.807) is 45.0 Å². The van der Waals surface area contributed by atoms with Gasteiger partial charge in [0.1, 0.15) is 30.3 Å². The second-order valence-corrected chi connectivity index (χ2v) is 13.4. The highest BCUT2D eigenvalue weighted by molar-refractivity contribution is 6.03. The number of para-hydroxylation sites is 1. The molecule has 0 bridgehead atoms. The van der Waals surface area contributed by atoms with Gasteiger partial charge in [-0.3, -0.25) is 4.79 Å². The second kappa shape index (κ2) is 15.8. The van der Waals surface area contributed by atoms with E-state index in [1.165, 1.54) is 0 Å². The number of benzene rings is 5. The third kappa shape index (κ3) is 9.02. The molecular weight excluding hydrogens is 642 g/mol. The lowest BCUT2D eigenvalue weighted by atomic mass is 9.97. The number of amides is 1. The van der Waals surface area contributed by atoms with Crippen LogP contribution < -0.4 is 14.8 Å². The first-order valence-electron chi connectivity index (χ1n) is 17.0. The average molecular weight is 684 g/mol. The van der Waals surface area contributed by atoms with Crippen LogP contribution >= 0.6 is 0 Å². The minimum Gasteiger partial charge on any atom is -0.489 e. The zero-order chi connectivity index (χ0) is 35.8. The summed E-state index contributed by atoms with van der Waals surface area (Å²) in [5.41, 5.74) is 5.79. The van der Waals surface area contributed by atoms with Gasteiger partial charge in [-0.2, -0.15) is 0 Å². The smallest absolute Gasteiger partial charge is 0.407 e. The Morgan fingerprint density at radius 1 is 0.686 bits per heavy atom. The summed E-state index contributed by atoms with van der Waals surface area (Å²) in [5, 5.41) is 2.83. The summed E-state index contributed by atoms with van der Waals surface area (Å²) in [7, 11) is 0. The molecule has 0 saturated carbocycles. The Bertz CT molecular complexity index is 1940. The van der Waals surface area contributed by atoms with Crippen molar-refractivity contribution < 1.29 is 33.3 Å². The van der Waals surface area contributed by atoms with Crippen LogP contribution in [0.3, 0.4) is 0 Å². The van der Waals surface area contributed by atoms with Crippen LogP contribution in [-0.4, -0.2) is 42.7 Å². The molecule has 0 spiro atoms. The van der Waals surface area contributed by atoms with Crippen LogP contribution in [0.1, 0.15) is 59.3 Å². The molecule has 5 aromatic carbocycles. The Morgan fingerprint density at radius 2 is 1.29 bits per heavy atom. The van der Waals surface area contributed by atoms with Gasteiger partial charge >= 0.3 is 12.1 Å². The van der Waals surface area contributed by atoms with Crippen molar-refractivity contribution in [2.24, 2.45) is 0 Å². The maximum atomic E-state index is 14.2. The van der Waals surface area contributed by atoms with Crippen molar-refractivity contribution >= 4 is 17.8 Å². The van der Waals surface area contributed by atoms with Crippen molar-refractivity contribution in [1.29, 1.82) is 0 Å². The van der Waals surface area contributed by atoms with E-state index in [0.717, 1.165) is 33.4 Å². The van der Waals surface area contributed by atoms with Gasteiger partial charge in [0.25, 0.3) is 0 Å². The maximum absolute atomic E-state index is 14.2. The number of carbonyl (C=O) groups excluding carboxylic acids is 3. The lowest BCUT2D eigenvalue weighted by Crippen LogP contribution is -2.43. The number of carbonyl (C=O) groups is 3.